The van der Waals surface area contributed by atoms with Gasteiger partial charge in [0.05, 0.1) is 6.34 Å². The van der Waals surface area contributed by atoms with Crippen molar-refractivity contribution in [3.63, 3.8) is 0 Å². The van der Waals surface area contributed by atoms with E-state index in [-0.39, 0.29) is 6.09 Å². The minimum Gasteiger partial charge on any atom is -0.444 e. The lowest BCUT2D eigenvalue weighted by Gasteiger charge is -2.25. The third kappa shape index (κ3) is 5.32. The molecule has 0 aromatic rings. The quantitative estimate of drug-likeness (QED) is 0.580. The second-order valence-corrected chi connectivity index (χ2v) is 5.83. The number of aliphatic imine (C=N–C) groups is 1. The number of hydrogen-bond acceptors (Lipinski definition) is 3. The lowest BCUT2D eigenvalue weighted by molar-refractivity contribution is 0.0287. The van der Waals surface area contributed by atoms with E-state index in [1.54, 1.807) is 24.5 Å². The van der Waals surface area contributed by atoms with Gasteiger partial charge in [0, 0.05) is 26.7 Å². The Morgan fingerprint density at radius 1 is 1.58 bits per heavy atom. The Hall–Kier alpha value is -1.52. The highest BCUT2D eigenvalue weighted by Gasteiger charge is 2.30. The largest absolute Gasteiger partial charge is 0.444 e. The summed E-state index contributed by atoms with van der Waals surface area (Å²) in [6, 6.07) is 0. The summed E-state index contributed by atoms with van der Waals surface area (Å²) in [6.45, 7) is 11.7. The maximum absolute atomic E-state index is 11.9. The van der Waals surface area contributed by atoms with Gasteiger partial charge >= 0.3 is 6.09 Å². The van der Waals surface area contributed by atoms with Crippen molar-refractivity contribution in [3.05, 3.63) is 12.8 Å². The average Bonchev–Trinajstić information content (AvgIpc) is 2.75. The van der Waals surface area contributed by atoms with Crippen molar-refractivity contribution in [2.75, 3.05) is 26.7 Å². The van der Waals surface area contributed by atoms with Crippen molar-refractivity contribution in [1.82, 2.24) is 9.80 Å². The maximum Gasteiger partial charge on any atom is 0.410 e. The molecule has 0 saturated carbocycles. The van der Waals surface area contributed by atoms with E-state index in [2.05, 4.69) is 11.6 Å². The molecule has 0 aliphatic carbocycles. The Morgan fingerprint density at radius 2 is 2.26 bits per heavy atom. The van der Waals surface area contributed by atoms with Gasteiger partial charge in [-0.2, -0.15) is 0 Å². The summed E-state index contributed by atoms with van der Waals surface area (Å²) in [4.78, 5) is 19.6. The molecule has 1 aliphatic heterocycles. The van der Waals surface area contributed by atoms with Gasteiger partial charge in [0.1, 0.15) is 5.60 Å². The van der Waals surface area contributed by atoms with Crippen LogP contribution < -0.4 is 0 Å². The molecular weight excluding hydrogens is 242 g/mol. The summed E-state index contributed by atoms with van der Waals surface area (Å²) in [6.07, 6.45) is 4.28. The van der Waals surface area contributed by atoms with Crippen LogP contribution in [-0.4, -0.2) is 54.5 Å². The van der Waals surface area contributed by atoms with E-state index in [1.165, 1.54) is 0 Å². The highest BCUT2D eigenvalue weighted by Crippen LogP contribution is 2.20. The standard InChI is InChI=1S/C14H25N3O2/c1-6-16(11-15-5)9-12-7-8-17(10-12)13(18)19-14(2,3)4/h6,11-12H,1,7-10H2,2-5H3/t12-/m0/s1. The summed E-state index contributed by atoms with van der Waals surface area (Å²) in [5.74, 6) is 0.434. The molecule has 5 nitrogen and oxygen atoms in total. The van der Waals surface area contributed by atoms with E-state index < -0.39 is 5.60 Å². The van der Waals surface area contributed by atoms with E-state index in [4.69, 9.17) is 4.74 Å². The minimum absolute atomic E-state index is 0.218. The molecule has 0 bridgehead atoms. The molecule has 1 saturated heterocycles. The normalized spacial score (nSPS) is 19.8. The molecule has 108 valence electrons. The Balaban J connectivity index is 2.45. The van der Waals surface area contributed by atoms with Gasteiger partial charge in [-0.15, -0.1) is 0 Å². The molecule has 1 heterocycles. The highest BCUT2D eigenvalue weighted by atomic mass is 16.6. The second-order valence-electron chi connectivity index (χ2n) is 5.83. The number of amides is 1. The van der Waals surface area contributed by atoms with E-state index in [0.717, 1.165) is 26.1 Å². The van der Waals surface area contributed by atoms with E-state index >= 15 is 0 Å². The molecule has 1 rings (SSSR count). The monoisotopic (exact) mass is 267 g/mol. The summed E-state index contributed by atoms with van der Waals surface area (Å²) >= 11 is 0. The molecule has 0 N–H and O–H groups in total. The maximum atomic E-state index is 11.9. The molecule has 0 spiro atoms. The Morgan fingerprint density at radius 3 is 2.79 bits per heavy atom. The van der Waals surface area contributed by atoms with Crippen LogP contribution in [0.25, 0.3) is 0 Å². The average molecular weight is 267 g/mol. The van der Waals surface area contributed by atoms with Crippen LogP contribution in [0.3, 0.4) is 0 Å². The molecule has 1 amide bonds. The number of carbonyl (C=O) groups is 1. The molecule has 1 fully saturated rings. The van der Waals surface area contributed by atoms with Gasteiger partial charge < -0.3 is 14.5 Å². The Labute approximate surface area is 115 Å². The van der Waals surface area contributed by atoms with Gasteiger partial charge in [0.15, 0.2) is 0 Å². The van der Waals surface area contributed by atoms with Crippen molar-refractivity contribution in [1.29, 1.82) is 0 Å². The first kappa shape index (κ1) is 15.5. The van der Waals surface area contributed by atoms with Gasteiger partial charge in [-0.3, -0.25) is 4.99 Å². The summed E-state index contributed by atoms with van der Waals surface area (Å²) in [7, 11) is 1.73. The number of carbonyl (C=O) groups excluding carboxylic acids is 1. The fraction of sp³-hybridized carbons (Fsp3) is 0.714. The van der Waals surface area contributed by atoms with Crippen LogP contribution in [0.2, 0.25) is 0 Å². The predicted octanol–water partition coefficient (Wildman–Crippen LogP) is 2.35. The van der Waals surface area contributed by atoms with Crippen LogP contribution in [0.4, 0.5) is 4.79 Å². The molecule has 5 heteroatoms. The number of ether oxygens (including phenoxy) is 1. The molecule has 0 aromatic heterocycles. The number of rotatable bonds is 4. The zero-order chi connectivity index (χ0) is 14.5. The van der Waals surface area contributed by atoms with Crippen molar-refractivity contribution < 1.29 is 9.53 Å². The first-order chi connectivity index (χ1) is 8.85. The van der Waals surface area contributed by atoms with Gasteiger partial charge in [-0.25, -0.2) is 4.79 Å². The number of likely N-dealkylation sites (tertiary alicyclic amines) is 1. The van der Waals surface area contributed by atoms with Gasteiger partial charge in [0.25, 0.3) is 0 Å². The van der Waals surface area contributed by atoms with E-state index in [0.29, 0.717) is 5.92 Å². The smallest absolute Gasteiger partial charge is 0.410 e. The van der Waals surface area contributed by atoms with Crippen molar-refractivity contribution in [2.45, 2.75) is 32.8 Å². The third-order valence-corrected chi connectivity index (χ3v) is 2.90. The zero-order valence-electron chi connectivity index (χ0n) is 12.4. The summed E-state index contributed by atoms with van der Waals surface area (Å²) < 4.78 is 5.38. The number of hydrogen-bond donors (Lipinski definition) is 0. The van der Waals surface area contributed by atoms with Crippen LogP contribution >= 0.6 is 0 Å². The highest BCUT2D eigenvalue weighted by molar-refractivity contribution is 5.68. The molecule has 1 aliphatic rings. The lowest BCUT2D eigenvalue weighted by Crippen LogP contribution is -2.36. The first-order valence-corrected chi connectivity index (χ1v) is 6.64. The third-order valence-electron chi connectivity index (χ3n) is 2.90. The Bertz CT molecular complexity index is 347. The van der Waals surface area contributed by atoms with E-state index in [9.17, 15) is 4.79 Å². The van der Waals surface area contributed by atoms with Crippen LogP contribution in [0.15, 0.2) is 17.8 Å². The zero-order valence-corrected chi connectivity index (χ0v) is 12.4. The SMILES string of the molecule is C=CN(C=NC)C[C@@H]1CCN(C(=O)OC(C)(C)C)C1. The fourth-order valence-corrected chi connectivity index (χ4v) is 2.09. The minimum atomic E-state index is -0.433. The van der Waals surface area contributed by atoms with Crippen LogP contribution in [0.1, 0.15) is 27.2 Å². The van der Waals surface area contributed by atoms with Gasteiger partial charge in [0.2, 0.25) is 0 Å². The molecule has 19 heavy (non-hydrogen) atoms. The van der Waals surface area contributed by atoms with Crippen molar-refractivity contribution in [2.24, 2.45) is 10.9 Å². The van der Waals surface area contributed by atoms with Crippen molar-refractivity contribution in [3.8, 4) is 0 Å². The summed E-state index contributed by atoms with van der Waals surface area (Å²) in [5, 5.41) is 0. The predicted molar refractivity (Wildman–Crippen MR) is 77.2 cm³/mol. The van der Waals surface area contributed by atoms with E-state index in [1.807, 2.05) is 25.7 Å². The molecular formula is C14H25N3O2. The fourth-order valence-electron chi connectivity index (χ4n) is 2.09. The van der Waals surface area contributed by atoms with Gasteiger partial charge in [-0.05, 0) is 39.3 Å². The molecule has 0 radical (unpaired) electrons. The molecule has 1 atom stereocenters. The van der Waals surface area contributed by atoms with Gasteiger partial charge in [-0.1, -0.05) is 6.58 Å². The summed E-state index contributed by atoms with van der Waals surface area (Å²) in [5.41, 5.74) is -0.433. The Kier molecular flexibility index (Phi) is 5.39. The van der Waals surface area contributed by atoms with Crippen molar-refractivity contribution >= 4 is 12.4 Å². The lowest BCUT2D eigenvalue weighted by atomic mass is 10.1. The number of nitrogens with zero attached hydrogens (tertiary/aromatic N) is 3. The van der Waals surface area contributed by atoms with Crippen LogP contribution in [0.5, 0.6) is 0 Å². The molecule has 0 aromatic carbocycles. The first-order valence-electron chi connectivity index (χ1n) is 6.64. The van der Waals surface area contributed by atoms with Crippen LogP contribution in [0, 0.1) is 5.92 Å². The second kappa shape index (κ2) is 6.59. The van der Waals surface area contributed by atoms with Crippen LogP contribution in [-0.2, 0) is 4.74 Å². The molecule has 0 unspecified atom stereocenters. The topological polar surface area (TPSA) is 45.1 Å².